The molecule has 2 nitrogen and oxygen atoms in total. The Hall–Kier alpha value is -1.05. The quantitative estimate of drug-likeness (QED) is 0.682. The molecular weight excluding hydrogens is 162 g/mol. The number of hydrogen-bond donors (Lipinski definition) is 0. The Morgan fingerprint density at radius 3 is 2.46 bits per heavy atom. The third-order valence-corrected chi connectivity index (χ3v) is 2.23. The highest BCUT2D eigenvalue weighted by atomic mass is 16.1. The lowest BCUT2D eigenvalue weighted by Gasteiger charge is -2.16. The monoisotopic (exact) mass is 179 g/mol. The van der Waals surface area contributed by atoms with Crippen LogP contribution in [0.5, 0.6) is 0 Å². The standard InChI is InChI=1S/C11H17NO/c1-11(2,3)10(13)8-9-6-5-7-12(9)4/h5-7H,8H2,1-4H3. The van der Waals surface area contributed by atoms with Crippen LogP contribution in [0.2, 0.25) is 0 Å². The van der Waals surface area contributed by atoms with Crippen LogP contribution in [0.3, 0.4) is 0 Å². The van der Waals surface area contributed by atoms with Crippen LogP contribution < -0.4 is 0 Å². The maximum absolute atomic E-state index is 11.7. The molecule has 1 aromatic rings. The van der Waals surface area contributed by atoms with E-state index in [0.717, 1.165) is 5.69 Å². The van der Waals surface area contributed by atoms with Crippen molar-refractivity contribution in [3.05, 3.63) is 24.0 Å². The second kappa shape index (κ2) is 3.36. The molecule has 0 spiro atoms. The van der Waals surface area contributed by atoms with Crippen molar-refractivity contribution in [3.8, 4) is 0 Å². The van der Waals surface area contributed by atoms with E-state index in [9.17, 15) is 4.79 Å². The van der Waals surface area contributed by atoms with Crippen LogP contribution in [0.4, 0.5) is 0 Å². The van der Waals surface area contributed by atoms with Crippen molar-refractivity contribution >= 4 is 5.78 Å². The SMILES string of the molecule is Cn1cccc1CC(=O)C(C)(C)C. The van der Waals surface area contributed by atoms with Gasteiger partial charge in [0.15, 0.2) is 0 Å². The molecule has 0 aliphatic rings. The van der Waals surface area contributed by atoms with Crippen LogP contribution in [0.25, 0.3) is 0 Å². The van der Waals surface area contributed by atoms with E-state index in [-0.39, 0.29) is 11.2 Å². The molecule has 0 unspecified atom stereocenters. The fourth-order valence-corrected chi connectivity index (χ4v) is 1.11. The first-order chi connectivity index (χ1) is 5.91. The molecule has 0 saturated heterocycles. The van der Waals surface area contributed by atoms with Gasteiger partial charge in [-0.25, -0.2) is 0 Å². The van der Waals surface area contributed by atoms with Crippen molar-refractivity contribution in [2.45, 2.75) is 27.2 Å². The minimum Gasteiger partial charge on any atom is -0.354 e. The first kappa shape index (κ1) is 10.0. The van der Waals surface area contributed by atoms with E-state index in [0.29, 0.717) is 6.42 Å². The Labute approximate surface area is 79.6 Å². The number of Topliss-reactive ketones (excluding diaryl/α,β-unsaturated/α-hetero) is 1. The Kier molecular flexibility index (Phi) is 2.60. The van der Waals surface area contributed by atoms with Crippen LogP contribution in [0.1, 0.15) is 26.5 Å². The van der Waals surface area contributed by atoms with Gasteiger partial charge in [0.05, 0.1) is 0 Å². The van der Waals surface area contributed by atoms with Gasteiger partial charge in [0.2, 0.25) is 0 Å². The van der Waals surface area contributed by atoms with Crippen LogP contribution in [0, 0.1) is 5.41 Å². The molecule has 1 heterocycles. The summed E-state index contributed by atoms with van der Waals surface area (Å²) in [5.41, 5.74) is 0.851. The third-order valence-electron chi connectivity index (χ3n) is 2.23. The van der Waals surface area contributed by atoms with Crippen molar-refractivity contribution in [1.82, 2.24) is 4.57 Å². The second-order valence-electron chi connectivity index (χ2n) is 4.46. The van der Waals surface area contributed by atoms with Crippen LogP contribution in [0.15, 0.2) is 18.3 Å². The number of aryl methyl sites for hydroxylation is 1. The second-order valence-corrected chi connectivity index (χ2v) is 4.46. The topological polar surface area (TPSA) is 22.0 Å². The largest absolute Gasteiger partial charge is 0.354 e. The summed E-state index contributed by atoms with van der Waals surface area (Å²) in [5.74, 6) is 0.286. The lowest BCUT2D eigenvalue weighted by atomic mass is 9.88. The zero-order valence-electron chi connectivity index (χ0n) is 8.79. The molecule has 13 heavy (non-hydrogen) atoms. The van der Waals surface area contributed by atoms with Crippen molar-refractivity contribution in [2.75, 3.05) is 0 Å². The van der Waals surface area contributed by atoms with Gasteiger partial charge in [0.1, 0.15) is 5.78 Å². The molecule has 0 saturated carbocycles. The van der Waals surface area contributed by atoms with Crippen LogP contribution >= 0.6 is 0 Å². The Morgan fingerprint density at radius 2 is 2.08 bits per heavy atom. The number of aromatic nitrogens is 1. The smallest absolute Gasteiger partial charge is 0.144 e. The van der Waals surface area contributed by atoms with E-state index in [4.69, 9.17) is 0 Å². The maximum Gasteiger partial charge on any atom is 0.144 e. The summed E-state index contributed by atoms with van der Waals surface area (Å²) in [4.78, 5) is 11.7. The van der Waals surface area contributed by atoms with Crippen molar-refractivity contribution in [1.29, 1.82) is 0 Å². The number of hydrogen-bond acceptors (Lipinski definition) is 1. The van der Waals surface area contributed by atoms with Crippen molar-refractivity contribution < 1.29 is 4.79 Å². The number of ketones is 1. The first-order valence-electron chi connectivity index (χ1n) is 4.55. The van der Waals surface area contributed by atoms with E-state index < -0.39 is 0 Å². The van der Waals surface area contributed by atoms with E-state index >= 15 is 0 Å². The van der Waals surface area contributed by atoms with Crippen LogP contribution in [-0.4, -0.2) is 10.4 Å². The molecular formula is C11H17NO. The van der Waals surface area contributed by atoms with Gasteiger partial charge in [-0.2, -0.15) is 0 Å². The number of carbonyl (C=O) groups is 1. The molecule has 0 amide bonds. The van der Waals surface area contributed by atoms with Crippen LogP contribution in [-0.2, 0) is 18.3 Å². The zero-order valence-corrected chi connectivity index (χ0v) is 8.79. The lowest BCUT2D eigenvalue weighted by Crippen LogP contribution is -2.22. The molecule has 2 heteroatoms. The minimum absolute atomic E-state index is 0.232. The molecule has 72 valence electrons. The molecule has 1 rings (SSSR count). The van der Waals surface area contributed by atoms with Crippen molar-refractivity contribution in [3.63, 3.8) is 0 Å². The highest BCUT2D eigenvalue weighted by Gasteiger charge is 2.21. The highest BCUT2D eigenvalue weighted by molar-refractivity contribution is 5.85. The maximum atomic E-state index is 11.7. The molecule has 1 aromatic heterocycles. The van der Waals surface area contributed by atoms with Crippen molar-refractivity contribution in [2.24, 2.45) is 12.5 Å². The molecule has 0 aliphatic carbocycles. The number of rotatable bonds is 2. The Morgan fingerprint density at radius 1 is 1.46 bits per heavy atom. The molecule has 0 N–H and O–H groups in total. The van der Waals surface area contributed by atoms with E-state index in [2.05, 4.69) is 0 Å². The molecule has 0 aliphatic heterocycles. The fourth-order valence-electron chi connectivity index (χ4n) is 1.11. The predicted octanol–water partition coefficient (Wildman–Crippen LogP) is 2.18. The van der Waals surface area contributed by atoms with Gasteiger partial charge in [0.25, 0.3) is 0 Å². The normalized spacial score (nSPS) is 11.7. The average molecular weight is 179 g/mol. The summed E-state index contributed by atoms with van der Waals surface area (Å²) in [6.07, 6.45) is 2.50. The Bertz CT molecular complexity index is 304. The third kappa shape index (κ3) is 2.44. The van der Waals surface area contributed by atoms with E-state index in [1.807, 2.05) is 50.7 Å². The molecule has 0 bridgehead atoms. The Balaban J connectivity index is 2.71. The minimum atomic E-state index is -0.232. The summed E-state index contributed by atoms with van der Waals surface area (Å²) in [6.45, 7) is 5.87. The molecule has 0 aromatic carbocycles. The summed E-state index contributed by atoms with van der Waals surface area (Å²) in [5, 5.41) is 0. The van der Waals surface area contributed by atoms with Gasteiger partial charge in [-0.05, 0) is 12.1 Å². The summed E-state index contributed by atoms with van der Waals surface area (Å²) in [6, 6.07) is 3.95. The number of nitrogens with zero attached hydrogens (tertiary/aromatic N) is 1. The first-order valence-corrected chi connectivity index (χ1v) is 4.55. The number of carbonyl (C=O) groups excluding carboxylic acids is 1. The van der Waals surface area contributed by atoms with E-state index in [1.54, 1.807) is 0 Å². The average Bonchev–Trinajstić information content (AvgIpc) is 2.34. The molecule has 0 fully saturated rings. The molecule has 0 radical (unpaired) electrons. The zero-order chi connectivity index (χ0) is 10.1. The van der Waals surface area contributed by atoms with E-state index in [1.165, 1.54) is 0 Å². The van der Waals surface area contributed by atoms with Gasteiger partial charge >= 0.3 is 0 Å². The van der Waals surface area contributed by atoms with Gasteiger partial charge < -0.3 is 4.57 Å². The molecule has 0 atom stereocenters. The summed E-state index contributed by atoms with van der Waals surface area (Å²) in [7, 11) is 1.96. The fraction of sp³-hybridized carbons (Fsp3) is 0.545. The van der Waals surface area contributed by atoms with Gasteiger partial charge in [0, 0.05) is 30.8 Å². The lowest BCUT2D eigenvalue weighted by molar-refractivity contribution is -0.125. The van der Waals surface area contributed by atoms with Gasteiger partial charge in [-0.15, -0.1) is 0 Å². The van der Waals surface area contributed by atoms with Gasteiger partial charge in [-0.1, -0.05) is 20.8 Å². The highest BCUT2D eigenvalue weighted by Crippen LogP contribution is 2.17. The van der Waals surface area contributed by atoms with Gasteiger partial charge in [-0.3, -0.25) is 4.79 Å². The summed E-state index contributed by atoms with van der Waals surface area (Å²) >= 11 is 0. The summed E-state index contributed by atoms with van der Waals surface area (Å²) < 4.78 is 1.99. The predicted molar refractivity (Wildman–Crippen MR) is 53.6 cm³/mol.